The van der Waals surface area contributed by atoms with E-state index < -0.39 is 5.41 Å². The average molecular weight is 808 g/mol. The largest absolute Gasteiger partial charge is 0.208 e. The summed E-state index contributed by atoms with van der Waals surface area (Å²) >= 11 is 1.80. The van der Waals surface area contributed by atoms with Crippen molar-refractivity contribution in [3.8, 4) is 67.5 Å². The van der Waals surface area contributed by atoms with Crippen LogP contribution in [0.3, 0.4) is 0 Å². The highest BCUT2D eigenvalue weighted by Gasteiger charge is 2.47. The van der Waals surface area contributed by atoms with Crippen LogP contribution in [0.4, 0.5) is 0 Å². The molecule has 0 spiro atoms. The maximum Gasteiger partial charge on any atom is 0.164 e. The van der Waals surface area contributed by atoms with Gasteiger partial charge >= 0.3 is 0 Å². The Morgan fingerprint density at radius 2 is 0.806 bits per heavy atom. The predicted octanol–water partition coefficient (Wildman–Crippen LogP) is 14.9. The molecule has 0 saturated heterocycles. The molecule has 2 heterocycles. The molecule has 0 unspecified atom stereocenters. The normalized spacial score (nSPS) is 12.6. The summed E-state index contributed by atoms with van der Waals surface area (Å²) in [5.74, 6) is 1.89. The lowest BCUT2D eigenvalue weighted by molar-refractivity contribution is 0.768. The van der Waals surface area contributed by atoms with Crippen LogP contribution >= 0.6 is 11.3 Å². The molecule has 1 aliphatic carbocycles. The number of fused-ring (bicyclic) bond motifs is 6. The molecular weight excluding hydrogens is 771 g/mol. The molecule has 0 saturated carbocycles. The highest BCUT2D eigenvalue weighted by Crippen LogP contribution is 2.58. The minimum Gasteiger partial charge on any atom is -0.208 e. The molecule has 290 valence electrons. The number of benzene rings is 9. The lowest BCUT2D eigenvalue weighted by atomic mass is 9.67. The molecule has 0 N–H and O–H groups in total. The van der Waals surface area contributed by atoms with Crippen LogP contribution in [-0.2, 0) is 5.41 Å². The first-order valence-electron chi connectivity index (χ1n) is 21.0. The third-order valence-electron chi connectivity index (χ3n) is 12.4. The lowest BCUT2D eigenvalue weighted by Gasteiger charge is -2.33. The summed E-state index contributed by atoms with van der Waals surface area (Å²) in [5, 5.41) is 2.50. The summed E-state index contributed by atoms with van der Waals surface area (Å²) in [5.41, 5.74) is 14.0. The van der Waals surface area contributed by atoms with Gasteiger partial charge in [0.2, 0.25) is 0 Å². The Balaban J connectivity index is 1.14. The molecule has 3 nitrogen and oxygen atoms in total. The Morgan fingerprint density at radius 1 is 0.306 bits per heavy atom. The van der Waals surface area contributed by atoms with Crippen LogP contribution in [0.5, 0.6) is 0 Å². The van der Waals surface area contributed by atoms with Crippen molar-refractivity contribution in [1.82, 2.24) is 15.0 Å². The molecule has 2 aromatic heterocycles. The van der Waals surface area contributed by atoms with E-state index in [-0.39, 0.29) is 0 Å². The molecule has 0 radical (unpaired) electrons. The van der Waals surface area contributed by atoms with Crippen LogP contribution in [0.1, 0.15) is 22.3 Å². The first-order valence-corrected chi connectivity index (χ1v) is 21.8. The minimum atomic E-state index is -0.552. The van der Waals surface area contributed by atoms with E-state index in [2.05, 4.69) is 224 Å². The maximum absolute atomic E-state index is 5.49. The fourth-order valence-electron chi connectivity index (χ4n) is 9.65. The molecular formula is C58H37N3S. The Bertz CT molecular complexity index is 3350. The summed E-state index contributed by atoms with van der Waals surface area (Å²) in [7, 11) is 0. The zero-order valence-electron chi connectivity index (χ0n) is 33.6. The number of hydrogen-bond donors (Lipinski definition) is 0. The van der Waals surface area contributed by atoms with Crippen molar-refractivity contribution < 1.29 is 0 Å². The summed E-state index contributed by atoms with van der Waals surface area (Å²) < 4.78 is 2.47. The molecule has 1 aliphatic rings. The van der Waals surface area contributed by atoms with E-state index in [9.17, 15) is 0 Å². The van der Waals surface area contributed by atoms with Gasteiger partial charge in [-0.3, -0.25) is 0 Å². The van der Waals surface area contributed by atoms with E-state index in [4.69, 9.17) is 15.0 Å². The highest BCUT2D eigenvalue weighted by atomic mass is 32.1. The first-order chi connectivity index (χ1) is 30.7. The molecule has 12 rings (SSSR count). The van der Waals surface area contributed by atoms with Crippen LogP contribution in [0.2, 0.25) is 0 Å². The SMILES string of the molecule is c1ccc(-c2cc(-c3ccccc3)cc(-c3nc(-c4ccc5c(c4)sc4ccccc45)nc(-c4cccc5c4-c4ccccc4C5(c4ccccc4)c4ccccc4)n3)c2)cc1. The quantitative estimate of drug-likeness (QED) is 0.161. The van der Waals surface area contributed by atoms with Crippen molar-refractivity contribution in [3.05, 3.63) is 247 Å². The first kappa shape index (κ1) is 36.1. The fourth-order valence-corrected chi connectivity index (χ4v) is 10.8. The molecule has 4 heteroatoms. The van der Waals surface area contributed by atoms with Gasteiger partial charge in [-0.05, 0) is 86.0 Å². The number of nitrogens with zero attached hydrogens (tertiary/aromatic N) is 3. The summed E-state index contributed by atoms with van der Waals surface area (Å²) in [6, 6.07) is 80.5. The molecule has 0 amide bonds. The van der Waals surface area contributed by atoms with Crippen molar-refractivity contribution in [2.24, 2.45) is 0 Å². The molecule has 0 fully saturated rings. The van der Waals surface area contributed by atoms with Gasteiger partial charge in [-0.15, -0.1) is 11.3 Å². The van der Waals surface area contributed by atoms with Crippen molar-refractivity contribution in [2.75, 3.05) is 0 Å². The third kappa shape index (κ3) is 5.83. The summed E-state index contributed by atoms with van der Waals surface area (Å²) in [6.07, 6.45) is 0. The van der Waals surface area contributed by atoms with Crippen LogP contribution < -0.4 is 0 Å². The molecule has 62 heavy (non-hydrogen) atoms. The van der Waals surface area contributed by atoms with Gasteiger partial charge in [0.25, 0.3) is 0 Å². The molecule has 0 atom stereocenters. The Kier molecular flexibility index (Phi) is 8.58. The average Bonchev–Trinajstić information content (AvgIpc) is 3.88. The van der Waals surface area contributed by atoms with Gasteiger partial charge in [-0.25, -0.2) is 15.0 Å². The number of rotatable bonds is 7. The van der Waals surface area contributed by atoms with Gasteiger partial charge in [-0.2, -0.15) is 0 Å². The molecule has 0 aliphatic heterocycles. The van der Waals surface area contributed by atoms with E-state index in [0.29, 0.717) is 17.5 Å². The van der Waals surface area contributed by atoms with Crippen molar-refractivity contribution in [1.29, 1.82) is 0 Å². The summed E-state index contributed by atoms with van der Waals surface area (Å²) in [4.78, 5) is 16.3. The van der Waals surface area contributed by atoms with Crippen molar-refractivity contribution in [2.45, 2.75) is 5.41 Å². The predicted molar refractivity (Wildman–Crippen MR) is 257 cm³/mol. The second kappa shape index (κ2) is 14.7. The Labute approximate surface area is 364 Å². The van der Waals surface area contributed by atoms with E-state index in [1.807, 2.05) is 0 Å². The number of hydrogen-bond acceptors (Lipinski definition) is 4. The van der Waals surface area contributed by atoms with Crippen molar-refractivity contribution in [3.63, 3.8) is 0 Å². The van der Waals surface area contributed by atoms with Gasteiger partial charge in [0.15, 0.2) is 17.5 Å². The second-order valence-electron chi connectivity index (χ2n) is 15.9. The standard InChI is InChI=1S/C58H37N3S/c1-5-18-38(19-6-1)41-34-42(39-20-7-2-8-21-39)36-43(35-41)56-59-55(40-32-33-47-46-26-14-16-31-52(46)62-53(47)37-40)60-57(61-56)49-28-17-30-51-54(49)48-27-13-15-29-50(48)58(51,44-22-9-3-10-23-44)45-24-11-4-12-25-45/h1-37H. The van der Waals surface area contributed by atoms with E-state index in [1.54, 1.807) is 11.3 Å². The number of aromatic nitrogens is 3. The van der Waals surface area contributed by atoms with Crippen LogP contribution in [-0.4, -0.2) is 15.0 Å². The Hall–Kier alpha value is -7.79. The van der Waals surface area contributed by atoms with Gasteiger partial charge in [0.1, 0.15) is 0 Å². The van der Waals surface area contributed by atoms with Crippen molar-refractivity contribution >= 4 is 31.5 Å². The smallest absolute Gasteiger partial charge is 0.164 e. The lowest BCUT2D eigenvalue weighted by Crippen LogP contribution is -2.28. The zero-order valence-corrected chi connectivity index (χ0v) is 34.4. The second-order valence-corrected chi connectivity index (χ2v) is 17.0. The van der Waals surface area contributed by atoms with Gasteiger partial charge in [0, 0.05) is 36.9 Å². The molecule has 0 bridgehead atoms. The fraction of sp³-hybridized carbons (Fsp3) is 0.0172. The molecule has 11 aromatic rings. The van der Waals surface area contributed by atoms with Gasteiger partial charge in [0.05, 0.1) is 5.41 Å². The highest BCUT2D eigenvalue weighted by molar-refractivity contribution is 7.25. The Morgan fingerprint density at radius 3 is 1.48 bits per heavy atom. The van der Waals surface area contributed by atoms with E-state index >= 15 is 0 Å². The van der Waals surface area contributed by atoms with E-state index in [0.717, 1.165) is 44.5 Å². The van der Waals surface area contributed by atoms with Crippen LogP contribution in [0.25, 0.3) is 87.7 Å². The minimum absolute atomic E-state index is 0.552. The van der Waals surface area contributed by atoms with Crippen LogP contribution in [0.15, 0.2) is 224 Å². The maximum atomic E-state index is 5.49. The van der Waals surface area contributed by atoms with E-state index in [1.165, 1.54) is 48.0 Å². The third-order valence-corrected chi connectivity index (χ3v) is 13.5. The topological polar surface area (TPSA) is 38.7 Å². The van der Waals surface area contributed by atoms with Crippen LogP contribution in [0, 0.1) is 0 Å². The zero-order chi connectivity index (χ0) is 41.0. The molecule has 9 aromatic carbocycles. The van der Waals surface area contributed by atoms with Gasteiger partial charge < -0.3 is 0 Å². The summed E-state index contributed by atoms with van der Waals surface area (Å²) in [6.45, 7) is 0. The monoisotopic (exact) mass is 807 g/mol. The van der Waals surface area contributed by atoms with Gasteiger partial charge in [-0.1, -0.05) is 194 Å². The number of thiophene rings is 1.